The summed E-state index contributed by atoms with van der Waals surface area (Å²) in [6, 6.07) is 10.5. The van der Waals surface area contributed by atoms with Gasteiger partial charge in [0.05, 0.1) is 34.6 Å². The molecule has 0 radical (unpaired) electrons. The van der Waals surface area contributed by atoms with E-state index < -0.39 is 23.3 Å². The summed E-state index contributed by atoms with van der Waals surface area (Å²) in [4.78, 5) is 12.4. The molecule has 1 aromatic heterocycles. The van der Waals surface area contributed by atoms with E-state index in [1.165, 1.54) is 43.5 Å². The quantitative estimate of drug-likeness (QED) is 0.593. The highest BCUT2D eigenvalue weighted by atomic mass is 35.5. The van der Waals surface area contributed by atoms with Gasteiger partial charge < -0.3 is 10.1 Å². The minimum absolute atomic E-state index is 0.0270. The van der Waals surface area contributed by atoms with E-state index in [4.69, 9.17) is 27.9 Å². The van der Waals surface area contributed by atoms with Crippen LogP contribution in [0.3, 0.4) is 0 Å². The lowest BCUT2D eigenvalue weighted by molar-refractivity contribution is -0.143. The van der Waals surface area contributed by atoms with Gasteiger partial charge in [0.2, 0.25) is 0 Å². The van der Waals surface area contributed by atoms with Crippen LogP contribution in [0.15, 0.2) is 48.7 Å². The maximum Gasteiger partial charge on any atom is 0.434 e. The first kappa shape index (κ1) is 21.0. The number of methoxy groups -OCH3 is 1. The van der Waals surface area contributed by atoms with E-state index in [-0.39, 0.29) is 17.3 Å². The van der Waals surface area contributed by atoms with Crippen LogP contribution in [-0.4, -0.2) is 22.8 Å². The second-order valence-electron chi connectivity index (χ2n) is 5.95. The number of benzene rings is 2. The number of amides is 1. The zero-order valence-electron chi connectivity index (χ0n) is 14.9. The summed E-state index contributed by atoms with van der Waals surface area (Å²) >= 11 is 11.7. The van der Waals surface area contributed by atoms with Gasteiger partial charge in [-0.1, -0.05) is 29.3 Å². The zero-order valence-corrected chi connectivity index (χ0v) is 16.4. The summed E-state index contributed by atoms with van der Waals surface area (Å²) in [5, 5.41) is 6.82. The van der Waals surface area contributed by atoms with Gasteiger partial charge in [-0.15, -0.1) is 0 Å². The van der Waals surface area contributed by atoms with Crippen molar-refractivity contribution in [1.82, 2.24) is 15.1 Å². The Bertz CT molecular complexity index is 1030. The van der Waals surface area contributed by atoms with Crippen LogP contribution in [0, 0.1) is 0 Å². The lowest BCUT2D eigenvalue weighted by atomic mass is 10.2. The van der Waals surface area contributed by atoms with Crippen molar-refractivity contribution in [1.29, 1.82) is 0 Å². The molecule has 2 aromatic carbocycles. The maximum atomic E-state index is 13.7. The number of hydrogen-bond acceptors (Lipinski definition) is 3. The standard InChI is InChI=1S/C19H14Cl2F3N3O2/c1-29-13-5-3-12(4-6-13)27-17(19(22,23)24)14(10-26-27)18(28)25-9-11-2-7-15(20)16(21)8-11/h2-8,10H,9H2,1H3,(H,25,28). The summed E-state index contributed by atoms with van der Waals surface area (Å²) in [5.41, 5.74) is -1.03. The number of nitrogens with zero attached hydrogens (tertiary/aromatic N) is 2. The summed E-state index contributed by atoms with van der Waals surface area (Å²) in [6.45, 7) is -0.0270. The second-order valence-corrected chi connectivity index (χ2v) is 6.76. The fraction of sp³-hybridized carbons (Fsp3) is 0.158. The molecule has 1 amide bonds. The van der Waals surface area contributed by atoms with Gasteiger partial charge >= 0.3 is 6.18 Å². The highest BCUT2D eigenvalue weighted by molar-refractivity contribution is 6.42. The van der Waals surface area contributed by atoms with Gasteiger partial charge in [-0.3, -0.25) is 4.79 Å². The van der Waals surface area contributed by atoms with E-state index in [0.717, 1.165) is 6.20 Å². The number of alkyl halides is 3. The lowest BCUT2D eigenvalue weighted by Gasteiger charge is -2.13. The Morgan fingerprint density at radius 2 is 1.83 bits per heavy atom. The molecule has 0 fully saturated rings. The van der Waals surface area contributed by atoms with Crippen LogP contribution in [0.2, 0.25) is 10.0 Å². The summed E-state index contributed by atoms with van der Waals surface area (Å²) in [6.07, 6.45) is -3.91. The SMILES string of the molecule is COc1ccc(-n2ncc(C(=O)NCc3ccc(Cl)c(Cl)c3)c2C(F)(F)F)cc1. The number of hydrogen-bond donors (Lipinski definition) is 1. The van der Waals surface area contributed by atoms with Crippen molar-refractivity contribution < 1.29 is 22.7 Å². The van der Waals surface area contributed by atoms with Gasteiger partial charge in [-0.2, -0.15) is 18.3 Å². The topological polar surface area (TPSA) is 56.2 Å². The molecule has 0 atom stereocenters. The van der Waals surface area contributed by atoms with Gasteiger partial charge in [0.1, 0.15) is 5.75 Å². The molecule has 152 valence electrons. The van der Waals surface area contributed by atoms with Crippen molar-refractivity contribution in [2.75, 3.05) is 7.11 Å². The second kappa shape index (κ2) is 8.34. The third kappa shape index (κ3) is 4.65. The van der Waals surface area contributed by atoms with Crippen molar-refractivity contribution >= 4 is 29.1 Å². The van der Waals surface area contributed by atoms with Crippen LogP contribution < -0.4 is 10.1 Å². The van der Waals surface area contributed by atoms with Crippen molar-refractivity contribution in [2.45, 2.75) is 12.7 Å². The molecule has 5 nitrogen and oxygen atoms in total. The highest BCUT2D eigenvalue weighted by Crippen LogP contribution is 2.34. The summed E-state index contributed by atoms with van der Waals surface area (Å²) < 4.78 is 46.8. The number of halogens is 5. The van der Waals surface area contributed by atoms with E-state index in [1.807, 2.05) is 0 Å². The first-order valence-corrected chi connectivity index (χ1v) is 8.98. The van der Waals surface area contributed by atoms with Crippen LogP contribution in [0.4, 0.5) is 13.2 Å². The van der Waals surface area contributed by atoms with Crippen LogP contribution >= 0.6 is 23.2 Å². The molecule has 0 saturated heterocycles. The Hall–Kier alpha value is -2.71. The average Bonchev–Trinajstić information content (AvgIpc) is 3.14. The molecule has 1 heterocycles. The monoisotopic (exact) mass is 443 g/mol. The number of rotatable bonds is 5. The van der Waals surface area contributed by atoms with E-state index >= 15 is 0 Å². The highest BCUT2D eigenvalue weighted by Gasteiger charge is 2.40. The first-order chi connectivity index (χ1) is 13.7. The average molecular weight is 444 g/mol. The summed E-state index contributed by atoms with van der Waals surface area (Å²) in [7, 11) is 1.44. The smallest absolute Gasteiger partial charge is 0.434 e. The molecule has 0 bridgehead atoms. The molecule has 3 rings (SSSR count). The third-order valence-electron chi connectivity index (χ3n) is 4.04. The Morgan fingerprint density at radius 1 is 1.14 bits per heavy atom. The van der Waals surface area contributed by atoms with Crippen LogP contribution in [-0.2, 0) is 12.7 Å². The molecule has 1 N–H and O–H groups in total. The molecule has 0 saturated carbocycles. The molecule has 10 heteroatoms. The lowest BCUT2D eigenvalue weighted by Crippen LogP contribution is -2.26. The fourth-order valence-electron chi connectivity index (χ4n) is 2.63. The summed E-state index contributed by atoms with van der Waals surface area (Å²) in [5.74, 6) is -0.433. The van der Waals surface area contributed by atoms with E-state index in [2.05, 4.69) is 10.4 Å². The largest absolute Gasteiger partial charge is 0.497 e. The predicted molar refractivity (Wildman–Crippen MR) is 103 cm³/mol. The van der Waals surface area contributed by atoms with Crippen molar-refractivity contribution in [3.8, 4) is 11.4 Å². The van der Waals surface area contributed by atoms with Crippen LogP contribution in [0.1, 0.15) is 21.6 Å². The molecule has 29 heavy (non-hydrogen) atoms. The van der Waals surface area contributed by atoms with Gasteiger partial charge in [-0.25, -0.2) is 4.68 Å². The predicted octanol–water partition coefficient (Wildman–Crippen LogP) is 5.14. The Morgan fingerprint density at radius 3 is 2.41 bits per heavy atom. The Kier molecular flexibility index (Phi) is 6.04. The molecule has 0 aliphatic rings. The van der Waals surface area contributed by atoms with Crippen molar-refractivity contribution in [2.24, 2.45) is 0 Å². The fourth-order valence-corrected chi connectivity index (χ4v) is 2.95. The third-order valence-corrected chi connectivity index (χ3v) is 4.78. The van der Waals surface area contributed by atoms with E-state index in [0.29, 0.717) is 21.0 Å². The normalized spacial score (nSPS) is 11.4. The number of nitrogens with one attached hydrogen (secondary N) is 1. The van der Waals surface area contributed by atoms with Gasteiger partial charge in [0.15, 0.2) is 5.69 Å². The molecular formula is C19H14Cl2F3N3O2. The number of carbonyl (C=O) groups is 1. The Balaban J connectivity index is 1.89. The molecule has 0 spiro atoms. The van der Waals surface area contributed by atoms with Gasteiger partial charge in [-0.05, 0) is 42.0 Å². The van der Waals surface area contributed by atoms with Crippen molar-refractivity contribution in [3.63, 3.8) is 0 Å². The Labute approximate surface area is 174 Å². The van der Waals surface area contributed by atoms with Gasteiger partial charge in [0.25, 0.3) is 5.91 Å². The van der Waals surface area contributed by atoms with Crippen LogP contribution in [0.5, 0.6) is 5.75 Å². The molecule has 0 unspecified atom stereocenters. The minimum atomic E-state index is -4.80. The van der Waals surface area contributed by atoms with Gasteiger partial charge in [0, 0.05) is 6.54 Å². The molecule has 0 aliphatic carbocycles. The molecule has 3 aromatic rings. The molecule has 0 aliphatic heterocycles. The van der Waals surface area contributed by atoms with Crippen LogP contribution in [0.25, 0.3) is 5.69 Å². The zero-order chi connectivity index (χ0) is 21.2. The van der Waals surface area contributed by atoms with E-state index in [1.54, 1.807) is 6.07 Å². The number of aromatic nitrogens is 2. The first-order valence-electron chi connectivity index (χ1n) is 8.22. The van der Waals surface area contributed by atoms with Crippen molar-refractivity contribution in [3.05, 3.63) is 75.5 Å². The number of carbonyl (C=O) groups excluding carboxylic acids is 1. The van der Waals surface area contributed by atoms with E-state index in [9.17, 15) is 18.0 Å². The molecular weight excluding hydrogens is 430 g/mol. The maximum absolute atomic E-state index is 13.7. The minimum Gasteiger partial charge on any atom is -0.497 e. The number of ether oxygens (including phenoxy) is 1.